The summed E-state index contributed by atoms with van der Waals surface area (Å²) in [5.41, 5.74) is 6.67. The van der Waals surface area contributed by atoms with Crippen LogP contribution in [0.3, 0.4) is 0 Å². The van der Waals surface area contributed by atoms with Gasteiger partial charge in [-0.05, 0) is 6.92 Å². The normalized spacial score (nSPS) is 11.4. The molecule has 1 aromatic rings. The minimum Gasteiger partial charge on any atom is -0.370 e. The van der Waals surface area contributed by atoms with Crippen LogP contribution < -0.4 is 11.1 Å². The van der Waals surface area contributed by atoms with E-state index in [1.807, 2.05) is 17.8 Å². The number of rotatable bonds is 5. The van der Waals surface area contributed by atoms with Gasteiger partial charge in [-0.2, -0.15) is 5.10 Å². The number of guanidine groups is 1. The molecule has 0 aromatic carbocycles. The fraction of sp³-hybridized carbons (Fsp3) is 0.400. The van der Waals surface area contributed by atoms with Crippen LogP contribution in [0.1, 0.15) is 12.5 Å². The van der Waals surface area contributed by atoms with Gasteiger partial charge in [0.2, 0.25) is 0 Å². The van der Waals surface area contributed by atoms with Gasteiger partial charge in [0.25, 0.3) is 0 Å². The molecule has 0 atom stereocenters. The smallest absolute Gasteiger partial charge is 0.189 e. The summed E-state index contributed by atoms with van der Waals surface area (Å²) in [6.07, 6.45) is 5.50. The molecular formula is C10H17N5. The van der Waals surface area contributed by atoms with E-state index in [0.717, 1.165) is 12.1 Å². The average Bonchev–Trinajstić information content (AvgIpc) is 2.71. The highest BCUT2D eigenvalue weighted by molar-refractivity contribution is 5.77. The van der Waals surface area contributed by atoms with Crippen molar-refractivity contribution in [3.8, 4) is 0 Å². The van der Waals surface area contributed by atoms with Crippen LogP contribution in [0.4, 0.5) is 0 Å². The zero-order valence-electron chi connectivity index (χ0n) is 8.98. The lowest BCUT2D eigenvalue weighted by Crippen LogP contribution is -2.31. The van der Waals surface area contributed by atoms with Crippen LogP contribution in [-0.2, 0) is 13.1 Å². The van der Waals surface area contributed by atoms with E-state index in [9.17, 15) is 0 Å². The summed E-state index contributed by atoms with van der Waals surface area (Å²) in [7, 11) is 0. The molecule has 5 heteroatoms. The van der Waals surface area contributed by atoms with Gasteiger partial charge in [0.1, 0.15) is 0 Å². The Labute approximate surface area is 89.7 Å². The molecule has 0 bridgehead atoms. The van der Waals surface area contributed by atoms with Gasteiger partial charge >= 0.3 is 0 Å². The quantitative estimate of drug-likeness (QED) is 0.419. The molecule has 0 saturated heterocycles. The molecule has 0 unspecified atom stereocenters. The van der Waals surface area contributed by atoms with Gasteiger partial charge in [0, 0.05) is 24.8 Å². The van der Waals surface area contributed by atoms with Crippen LogP contribution in [0.2, 0.25) is 0 Å². The van der Waals surface area contributed by atoms with Gasteiger partial charge in [-0.25, -0.2) is 4.99 Å². The Hall–Kier alpha value is -1.78. The summed E-state index contributed by atoms with van der Waals surface area (Å²) in [6, 6.07) is 0. The summed E-state index contributed by atoms with van der Waals surface area (Å²) in [4.78, 5) is 4.16. The summed E-state index contributed by atoms with van der Waals surface area (Å²) >= 11 is 0. The Kier molecular flexibility index (Phi) is 4.40. The lowest BCUT2D eigenvalue weighted by Gasteiger charge is -2.00. The highest BCUT2D eigenvalue weighted by atomic mass is 15.3. The average molecular weight is 207 g/mol. The second kappa shape index (κ2) is 5.85. The zero-order valence-corrected chi connectivity index (χ0v) is 8.98. The Morgan fingerprint density at radius 3 is 3.20 bits per heavy atom. The minimum absolute atomic E-state index is 0.430. The van der Waals surface area contributed by atoms with E-state index in [4.69, 9.17) is 5.73 Å². The van der Waals surface area contributed by atoms with Crippen LogP contribution in [0.15, 0.2) is 30.0 Å². The molecule has 0 amide bonds. The largest absolute Gasteiger partial charge is 0.370 e. The van der Waals surface area contributed by atoms with Crippen molar-refractivity contribution in [1.82, 2.24) is 15.1 Å². The maximum absolute atomic E-state index is 5.61. The molecule has 82 valence electrons. The van der Waals surface area contributed by atoms with Crippen LogP contribution in [0.5, 0.6) is 0 Å². The molecule has 0 radical (unpaired) electrons. The van der Waals surface area contributed by atoms with E-state index in [1.54, 1.807) is 12.3 Å². The van der Waals surface area contributed by atoms with Gasteiger partial charge in [0.05, 0.1) is 12.7 Å². The summed E-state index contributed by atoms with van der Waals surface area (Å²) < 4.78 is 1.86. The fourth-order valence-corrected chi connectivity index (χ4v) is 1.07. The molecule has 1 rings (SSSR count). The topological polar surface area (TPSA) is 68.2 Å². The molecule has 1 heterocycles. The maximum Gasteiger partial charge on any atom is 0.189 e. The lowest BCUT2D eigenvalue weighted by atomic mass is 10.4. The number of hydrogen-bond acceptors (Lipinski definition) is 2. The zero-order chi connectivity index (χ0) is 11.1. The third kappa shape index (κ3) is 3.84. The van der Waals surface area contributed by atoms with E-state index in [1.165, 1.54) is 0 Å². The Morgan fingerprint density at radius 2 is 2.60 bits per heavy atom. The molecule has 3 N–H and O–H groups in total. The van der Waals surface area contributed by atoms with E-state index in [2.05, 4.69) is 22.0 Å². The third-order valence-electron chi connectivity index (χ3n) is 1.87. The monoisotopic (exact) mass is 207 g/mol. The Morgan fingerprint density at radius 1 is 1.80 bits per heavy atom. The molecule has 0 fully saturated rings. The first-order chi connectivity index (χ1) is 7.26. The standard InChI is InChI=1S/C10H17N5/c1-3-5-12-10(11)13-6-9-7-14-15(4-2)8-9/h3,7-8H,1,4-6H2,2H3,(H3,11,12,13). The number of aromatic nitrogens is 2. The van der Waals surface area contributed by atoms with Crippen LogP contribution in [-0.4, -0.2) is 22.3 Å². The molecule has 0 aliphatic rings. The predicted octanol–water partition coefficient (Wildman–Crippen LogP) is 0.493. The summed E-state index contributed by atoms with van der Waals surface area (Å²) in [5.74, 6) is 0.430. The summed E-state index contributed by atoms with van der Waals surface area (Å²) in [6.45, 7) is 7.67. The van der Waals surface area contributed by atoms with Crippen LogP contribution in [0, 0.1) is 0 Å². The van der Waals surface area contributed by atoms with Crippen molar-refractivity contribution >= 4 is 5.96 Å². The molecule has 15 heavy (non-hydrogen) atoms. The molecule has 0 spiro atoms. The van der Waals surface area contributed by atoms with E-state index < -0.39 is 0 Å². The van der Waals surface area contributed by atoms with Crippen molar-refractivity contribution in [2.45, 2.75) is 20.0 Å². The van der Waals surface area contributed by atoms with Gasteiger partial charge < -0.3 is 11.1 Å². The number of aryl methyl sites for hydroxylation is 1. The van der Waals surface area contributed by atoms with Gasteiger partial charge in [-0.3, -0.25) is 4.68 Å². The van der Waals surface area contributed by atoms with Gasteiger partial charge in [0.15, 0.2) is 5.96 Å². The van der Waals surface area contributed by atoms with Crippen molar-refractivity contribution < 1.29 is 0 Å². The number of nitrogens with zero attached hydrogens (tertiary/aromatic N) is 3. The second-order valence-electron chi connectivity index (χ2n) is 3.08. The highest BCUT2D eigenvalue weighted by Gasteiger charge is 1.96. The minimum atomic E-state index is 0.430. The van der Waals surface area contributed by atoms with Crippen molar-refractivity contribution in [3.05, 3.63) is 30.6 Å². The number of hydrogen-bond donors (Lipinski definition) is 2. The number of nitrogens with two attached hydrogens (primary N) is 1. The SMILES string of the molecule is C=CCNC(N)=NCc1cnn(CC)c1. The first-order valence-electron chi connectivity index (χ1n) is 4.92. The third-order valence-corrected chi connectivity index (χ3v) is 1.87. The van der Waals surface area contributed by atoms with Gasteiger partial charge in [-0.1, -0.05) is 6.08 Å². The molecule has 1 aromatic heterocycles. The fourth-order valence-electron chi connectivity index (χ4n) is 1.07. The molecular weight excluding hydrogens is 190 g/mol. The van der Waals surface area contributed by atoms with Crippen molar-refractivity contribution in [2.75, 3.05) is 6.54 Å². The summed E-state index contributed by atoms with van der Waals surface area (Å²) in [5, 5.41) is 7.05. The van der Waals surface area contributed by atoms with Crippen molar-refractivity contribution in [3.63, 3.8) is 0 Å². The van der Waals surface area contributed by atoms with Gasteiger partial charge in [-0.15, -0.1) is 6.58 Å². The molecule has 5 nitrogen and oxygen atoms in total. The van der Waals surface area contributed by atoms with E-state index in [0.29, 0.717) is 19.0 Å². The van der Waals surface area contributed by atoms with Crippen LogP contribution >= 0.6 is 0 Å². The first-order valence-corrected chi connectivity index (χ1v) is 4.92. The van der Waals surface area contributed by atoms with Crippen molar-refractivity contribution in [2.24, 2.45) is 10.7 Å². The van der Waals surface area contributed by atoms with Crippen LogP contribution in [0.25, 0.3) is 0 Å². The Bertz CT molecular complexity index is 339. The first kappa shape index (κ1) is 11.3. The Balaban J connectivity index is 2.44. The van der Waals surface area contributed by atoms with E-state index in [-0.39, 0.29) is 0 Å². The van der Waals surface area contributed by atoms with E-state index >= 15 is 0 Å². The second-order valence-corrected chi connectivity index (χ2v) is 3.08. The lowest BCUT2D eigenvalue weighted by molar-refractivity contribution is 0.659. The molecule has 0 aliphatic carbocycles. The number of aliphatic imine (C=N–C) groups is 1. The maximum atomic E-state index is 5.61. The molecule has 0 aliphatic heterocycles. The van der Waals surface area contributed by atoms with Crippen molar-refractivity contribution in [1.29, 1.82) is 0 Å². The molecule has 0 saturated carbocycles. The number of nitrogens with one attached hydrogen (secondary N) is 1. The highest BCUT2D eigenvalue weighted by Crippen LogP contribution is 1.99. The predicted molar refractivity (Wildman–Crippen MR) is 61.4 cm³/mol.